The summed E-state index contributed by atoms with van der Waals surface area (Å²) in [6.45, 7) is 0. The van der Waals surface area contributed by atoms with Crippen LogP contribution in [-0.4, -0.2) is 0 Å². The minimum absolute atomic E-state index is 0.898. The molecule has 2 heterocycles. The summed E-state index contributed by atoms with van der Waals surface area (Å²) in [5, 5.41) is 6.96. The number of benzene rings is 9. The Hall–Kier alpha value is -7.36. The molecule has 55 heavy (non-hydrogen) atoms. The first-order valence-electron chi connectivity index (χ1n) is 18.7. The van der Waals surface area contributed by atoms with Crippen molar-refractivity contribution in [2.45, 2.75) is 0 Å². The maximum absolute atomic E-state index is 6.59. The van der Waals surface area contributed by atoms with E-state index in [2.05, 4.69) is 187 Å². The first kappa shape index (κ1) is 31.2. The maximum Gasteiger partial charge on any atom is 0.143 e. The van der Waals surface area contributed by atoms with Crippen molar-refractivity contribution in [1.82, 2.24) is 0 Å². The average Bonchev–Trinajstić information content (AvgIpc) is 3.84. The number of rotatable bonds is 6. The smallest absolute Gasteiger partial charge is 0.143 e. The van der Waals surface area contributed by atoms with Crippen LogP contribution in [0.25, 0.3) is 88.0 Å². The molecule has 0 N–H and O–H groups in total. The lowest BCUT2D eigenvalue weighted by Gasteiger charge is -2.26. The Morgan fingerprint density at radius 3 is 1.47 bits per heavy atom. The van der Waals surface area contributed by atoms with Crippen LogP contribution >= 0.6 is 0 Å². The minimum atomic E-state index is 0.898. The highest BCUT2D eigenvalue weighted by Gasteiger charge is 2.19. The fourth-order valence-electron chi connectivity index (χ4n) is 8.26. The molecule has 0 saturated carbocycles. The van der Waals surface area contributed by atoms with E-state index in [4.69, 9.17) is 8.83 Å². The van der Waals surface area contributed by atoms with Crippen LogP contribution in [-0.2, 0) is 0 Å². The van der Waals surface area contributed by atoms with Gasteiger partial charge in [-0.2, -0.15) is 0 Å². The third kappa shape index (κ3) is 5.20. The highest BCUT2D eigenvalue weighted by molar-refractivity contribution is 6.22. The summed E-state index contributed by atoms with van der Waals surface area (Å²) in [6, 6.07) is 70.9. The molecular formula is C52H33NO2. The molecule has 0 spiro atoms. The normalized spacial score (nSPS) is 11.6. The maximum atomic E-state index is 6.59. The standard InChI is InChI=1S/C52H33NO2/c1-2-11-34(12-3-1)35-21-27-39(28-22-35)53(40-29-23-36(24-30-40)42-17-10-20-49-50(42)44-15-6-8-18-47(44)54-49)41-31-25-37(26-32-41)46-33-38-13-4-5-14-43(38)51-45-16-7-9-19-48(45)55-52(46)51/h1-33H. The van der Waals surface area contributed by atoms with Crippen molar-refractivity contribution in [3.8, 4) is 33.4 Å². The number of nitrogens with zero attached hydrogens (tertiary/aromatic N) is 1. The molecule has 9 aromatic carbocycles. The fourth-order valence-corrected chi connectivity index (χ4v) is 8.26. The number of para-hydroxylation sites is 2. The monoisotopic (exact) mass is 703 g/mol. The van der Waals surface area contributed by atoms with Crippen molar-refractivity contribution in [3.63, 3.8) is 0 Å². The van der Waals surface area contributed by atoms with E-state index in [1.807, 2.05) is 18.2 Å². The number of furan rings is 2. The van der Waals surface area contributed by atoms with Gasteiger partial charge in [0, 0.05) is 44.2 Å². The van der Waals surface area contributed by atoms with Crippen molar-refractivity contribution < 1.29 is 8.83 Å². The second-order valence-corrected chi connectivity index (χ2v) is 14.1. The van der Waals surface area contributed by atoms with Gasteiger partial charge in [-0.25, -0.2) is 0 Å². The van der Waals surface area contributed by atoms with Crippen LogP contribution in [0.15, 0.2) is 209 Å². The fraction of sp³-hybridized carbons (Fsp3) is 0. The first-order chi connectivity index (χ1) is 27.3. The zero-order valence-corrected chi connectivity index (χ0v) is 29.8. The molecule has 11 rings (SSSR count). The van der Waals surface area contributed by atoms with Gasteiger partial charge in [-0.05, 0) is 99.3 Å². The summed E-state index contributed by atoms with van der Waals surface area (Å²) in [6.07, 6.45) is 0. The third-order valence-electron chi connectivity index (χ3n) is 10.9. The molecule has 0 aliphatic carbocycles. The van der Waals surface area contributed by atoms with Crippen LogP contribution in [0.5, 0.6) is 0 Å². The Morgan fingerprint density at radius 2 is 0.800 bits per heavy atom. The van der Waals surface area contributed by atoms with Crippen LogP contribution in [0.1, 0.15) is 0 Å². The predicted molar refractivity (Wildman–Crippen MR) is 229 cm³/mol. The lowest BCUT2D eigenvalue weighted by Crippen LogP contribution is -2.09. The van der Waals surface area contributed by atoms with E-state index in [1.165, 1.54) is 21.9 Å². The number of fused-ring (bicyclic) bond motifs is 8. The van der Waals surface area contributed by atoms with Crippen LogP contribution in [0.4, 0.5) is 17.1 Å². The Bertz CT molecular complexity index is 3170. The van der Waals surface area contributed by atoms with E-state index >= 15 is 0 Å². The van der Waals surface area contributed by atoms with E-state index in [0.29, 0.717) is 0 Å². The highest BCUT2D eigenvalue weighted by Crippen LogP contribution is 2.43. The molecule has 0 fully saturated rings. The van der Waals surface area contributed by atoms with Crippen molar-refractivity contribution in [3.05, 3.63) is 200 Å². The van der Waals surface area contributed by atoms with Crippen LogP contribution < -0.4 is 4.90 Å². The summed E-state index contributed by atoms with van der Waals surface area (Å²) in [5.74, 6) is 0. The van der Waals surface area contributed by atoms with Crippen molar-refractivity contribution in [2.24, 2.45) is 0 Å². The summed E-state index contributed by atoms with van der Waals surface area (Å²) >= 11 is 0. The average molecular weight is 704 g/mol. The highest BCUT2D eigenvalue weighted by atomic mass is 16.3. The lowest BCUT2D eigenvalue weighted by molar-refractivity contribution is 0.669. The van der Waals surface area contributed by atoms with Gasteiger partial charge in [0.1, 0.15) is 22.3 Å². The van der Waals surface area contributed by atoms with E-state index < -0.39 is 0 Å². The molecule has 0 aliphatic heterocycles. The van der Waals surface area contributed by atoms with Gasteiger partial charge in [0.05, 0.1) is 0 Å². The van der Waals surface area contributed by atoms with Crippen LogP contribution in [0.3, 0.4) is 0 Å². The van der Waals surface area contributed by atoms with Gasteiger partial charge in [0.2, 0.25) is 0 Å². The van der Waals surface area contributed by atoms with Gasteiger partial charge in [-0.1, -0.05) is 140 Å². The zero-order chi connectivity index (χ0) is 36.3. The zero-order valence-electron chi connectivity index (χ0n) is 29.8. The summed E-state index contributed by atoms with van der Waals surface area (Å²) in [7, 11) is 0. The summed E-state index contributed by atoms with van der Waals surface area (Å²) in [4.78, 5) is 2.33. The van der Waals surface area contributed by atoms with Gasteiger partial charge in [0.15, 0.2) is 0 Å². The van der Waals surface area contributed by atoms with Crippen molar-refractivity contribution in [1.29, 1.82) is 0 Å². The largest absolute Gasteiger partial charge is 0.456 e. The van der Waals surface area contributed by atoms with Crippen LogP contribution in [0.2, 0.25) is 0 Å². The Labute approximate surface area is 317 Å². The van der Waals surface area contributed by atoms with Gasteiger partial charge in [-0.15, -0.1) is 0 Å². The number of hydrogen-bond acceptors (Lipinski definition) is 3. The Balaban J connectivity index is 1.03. The van der Waals surface area contributed by atoms with Gasteiger partial charge < -0.3 is 13.7 Å². The second-order valence-electron chi connectivity index (χ2n) is 14.1. The van der Waals surface area contributed by atoms with E-state index in [0.717, 1.165) is 83.2 Å². The molecule has 2 aromatic heterocycles. The Kier molecular flexibility index (Phi) is 7.17. The number of anilines is 3. The van der Waals surface area contributed by atoms with Gasteiger partial charge >= 0.3 is 0 Å². The molecule has 0 atom stereocenters. The molecule has 0 bridgehead atoms. The SMILES string of the molecule is c1ccc(-c2ccc(N(c3ccc(-c4cc5ccccc5c5c4oc4ccccc45)cc3)c3ccc(-c4cccc5oc6ccccc6c45)cc3)cc2)cc1. The predicted octanol–water partition coefficient (Wildman–Crippen LogP) is 15.1. The Morgan fingerprint density at radius 1 is 0.309 bits per heavy atom. The number of hydrogen-bond donors (Lipinski definition) is 0. The van der Waals surface area contributed by atoms with E-state index in [9.17, 15) is 0 Å². The molecule has 258 valence electrons. The van der Waals surface area contributed by atoms with Crippen molar-refractivity contribution >= 4 is 71.7 Å². The minimum Gasteiger partial charge on any atom is -0.456 e. The molecule has 3 heteroatoms. The van der Waals surface area contributed by atoms with Gasteiger partial charge in [0.25, 0.3) is 0 Å². The molecule has 0 unspecified atom stereocenters. The molecule has 3 nitrogen and oxygen atoms in total. The summed E-state index contributed by atoms with van der Waals surface area (Å²) in [5.41, 5.74) is 13.7. The first-order valence-corrected chi connectivity index (χ1v) is 18.7. The molecule has 0 saturated heterocycles. The second kappa shape index (κ2) is 12.6. The molecule has 0 radical (unpaired) electrons. The third-order valence-corrected chi connectivity index (χ3v) is 10.9. The molecular weight excluding hydrogens is 671 g/mol. The van der Waals surface area contributed by atoms with E-state index in [-0.39, 0.29) is 0 Å². The molecule has 11 aromatic rings. The molecule has 0 aliphatic rings. The van der Waals surface area contributed by atoms with E-state index in [1.54, 1.807) is 0 Å². The summed E-state index contributed by atoms with van der Waals surface area (Å²) < 4.78 is 12.8. The lowest BCUT2D eigenvalue weighted by atomic mass is 9.96. The van der Waals surface area contributed by atoms with Gasteiger partial charge in [-0.3, -0.25) is 0 Å². The quantitative estimate of drug-likeness (QED) is 0.173. The topological polar surface area (TPSA) is 29.5 Å². The molecule has 0 amide bonds. The van der Waals surface area contributed by atoms with Crippen LogP contribution in [0, 0.1) is 0 Å². The van der Waals surface area contributed by atoms with Crippen molar-refractivity contribution in [2.75, 3.05) is 4.90 Å².